The summed E-state index contributed by atoms with van der Waals surface area (Å²) in [5, 5.41) is 0.764. The molecule has 0 aliphatic heterocycles. The van der Waals surface area contributed by atoms with Crippen LogP contribution in [0.5, 0.6) is 0 Å². The molecule has 0 aliphatic rings. The second kappa shape index (κ2) is 8.80. The first-order valence-corrected chi connectivity index (χ1v) is 10.4. The van der Waals surface area contributed by atoms with E-state index in [9.17, 15) is 4.79 Å². The fourth-order valence-corrected chi connectivity index (χ4v) is 5.12. The second-order valence-corrected chi connectivity index (χ2v) is 9.76. The third-order valence-electron chi connectivity index (χ3n) is 3.85. The van der Waals surface area contributed by atoms with Crippen LogP contribution in [0.25, 0.3) is 10.2 Å². The number of benzene rings is 1. The smallest absolute Gasteiger partial charge is 0.270 e. The normalized spacial score (nSPS) is 11.0. The van der Waals surface area contributed by atoms with Crippen LogP contribution in [0.3, 0.4) is 0 Å². The molecule has 1 aromatic carbocycles. The van der Waals surface area contributed by atoms with Crippen molar-refractivity contribution >= 4 is 72.3 Å². The lowest BCUT2D eigenvalue weighted by atomic mass is 10.1. The molecule has 1 amide bonds. The highest BCUT2D eigenvalue weighted by atomic mass is 79.9. The van der Waals surface area contributed by atoms with E-state index >= 15 is 0 Å². The van der Waals surface area contributed by atoms with Crippen LogP contribution < -0.4 is 4.90 Å². The Labute approximate surface area is 176 Å². The number of thiazole rings is 1. The summed E-state index contributed by atoms with van der Waals surface area (Å²) in [5.74, 6) is 0.00554. The Balaban J connectivity index is 0.00000243. The van der Waals surface area contributed by atoms with Crippen LogP contribution >= 0.6 is 51.0 Å². The summed E-state index contributed by atoms with van der Waals surface area (Å²) >= 11 is 6.48. The number of aromatic nitrogens is 1. The summed E-state index contributed by atoms with van der Waals surface area (Å²) < 4.78 is 2.08. The quantitative estimate of drug-likeness (QED) is 0.499. The van der Waals surface area contributed by atoms with Crippen LogP contribution in [0.4, 0.5) is 5.13 Å². The number of nitrogens with zero attached hydrogens (tertiary/aromatic N) is 3. The number of hydrogen-bond acceptors (Lipinski definition) is 5. The standard InChI is InChI=1S/C18H20BrN3OS2.ClH/c1-11-9-12(2)16-14(10-11)25-18(20-16)22(8-7-21(3)4)17(23)13-5-6-15(19)24-13;/h5-6,9-10H,7-8H2,1-4H3;1H. The number of thiophene rings is 1. The molecule has 140 valence electrons. The number of carbonyl (C=O) groups excluding carboxylic acids is 1. The average Bonchev–Trinajstić information content (AvgIpc) is 3.13. The van der Waals surface area contributed by atoms with Crippen molar-refractivity contribution in [1.29, 1.82) is 0 Å². The van der Waals surface area contributed by atoms with E-state index in [1.807, 2.05) is 26.2 Å². The Morgan fingerprint density at radius 1 is 1.15 bits per heavy atom. The molecule has 2 heterocycles. The van der Waals surface area contributed by atoms with E-state index in [1.54, 1.807) is 16.2 Å². The maximum atomic E-state index is 13.1. The number of halogens is 2. The van der Waals surface area contributed by atoms with Gasteiger partial charge in [-0.3, -0.25) is 9.69 Å². The summed E-state index contributed by atoms with van der Waals surface area (Å²) in [5.41, 5.74) is 3.35. The second-order valence-electron chi connectivity index (χ2n) is 6.29. The molecular weight excluding hydrogens is 454 g/mol. The molecule has 4 nitrogen and oxygen atoms in total. The minimum absolute atomic E-state index is 0. The maximum Gasteiger partial charge on any atom is 0.270 e. The van der Waals surface area contributed by atoms with Gasteiger partial charge in [0.2, 0.25) is 0 Å². The molecule has 26 heavy (non-hydrogen) atoms. The largest absolute Gasteiger partial charge is 0.308 e. The molecule has 0 saturated carbocycles. The van der Waals surface area contributed by atoms with Gasteiger partial charge in [-0.15, -0.1) is 23.7 Å². The molecule has 0 atom stereocenters. The van der Waals surface area contributed by atoms with Crippen LogP contribution in [0.1, 0.15) is 20.8 Å². The molecule has 0 unspecified atom stereocenters. The third-order valence-corrected chi connectivity index (χ3v) is 6.49. The number of anilines is 1. The van der Waals surface area contributed by atoms with Gasteiger partial charge in [0, 0.05) is 13.1 Å². The molecule has 0 aliphatic carbocycles. The topological polar surface area (TPSA) is 36.4 Å². The number of carbonyl (C=O) groups is 1. The Morgan fingerprint density at radius 3 is 2.50 bits per heavy atom. The monoisotopic (exact) mass is 473 g/mol. The summed E-state index contributed by atoms with van der Waals surface area (Å²) in [6.45, 7) is 5.55. The first-order valence-electron chi connectivity index (χ1n) is 7.95. The molecule has 3 rings (SSSR count). The van der Waals surface area contributed by atoms with Gasteiger partial charge >= 0.3 is 0 Å². The number of hydrogen-bond donors (Lipinski definition) is 0. The van der Waals surface area contributed by atoms with Crippen molar-refractivity contribution in [3.8, 4) is 0 Å². The van der Waals surface area contributed by atoms with E-state index < -0.39 is 0 Å². The molecule has 0 spiro atoms. The number of rotatable bonds is 5. The Kier molecular flexibility index (Phi) is 7.21. The molecule has 0 fully saturated rings. The molecule has 0 N–H and O–H groups in total. The van der Waals surface area contributed by atoms with Crippen molar-refractivity contribution in [3.05, 3.63) is 44.1 Å². The molecule has 8 heteroatoms. The van der Waals surface area contributed by atoms with Crippen LogP contribution in [0.2, 0.25) is 0 Å². The van der Waals surface area contributed by atoms with Crippen LogP contribution in [0, 0.1) is 13.8 Å². The Morgan fingerprint density at radius 2 is 1.88 bits per heavy atom. The summed E-state index contributed by atoms with van der Waals surface area (Å²) in [7, 11) is 4.02. The SMILES string of the molecule is Cc1cc(C)c2nc(N(CCN(C)C)C(=O)c3ccc(Br)s3)sc2c1.Cl. The van der Waals surface area contributed by atoms with E-state index in [-0.39, 0.29) is 18.3 Å². The van der Waals surface area contributed by atoms with E-state index in [0.29, 0.717) is 6.54 Å². The summed E-state index contributed by atoms with van der Waals surface area (Å²) in [6, 6.07) is 8.05. The minimum atomic E-state index is 0. The lowest BCUT2D eigenvalue weighted by Gasteiger charge is -2.21. The van der Waals surface area contributed by atoms with Gasteiger partial charge in [0.15, 0.2) is 5.13 Å². The van der Waals surface area contributed by atoms with Crippen molar-refractivity contribution in [2.24, 2.45) is 0 Å². The Bertz CT molecular complexity index is 922. The zero-order chi connectivity index (χ0) is 18.1. The van der Waals surface area contributed by atoms with Gasteiger partial charge in [0.25, 0.3) is 5.91 Å². The van der Waals surface area contributed by atoms with Crippen molar-refractivity contribution < 1.29 is 4.79 Å². The lowest BCUT2D eigenvalue weighted by molar-refractivity contribution is 0.0989. The average molecular weight is 475 g/mol. The minimum Gasteiger partial charge on any atom is -0.308 e. The van der Waals surface area contributed by atoms with Gasteiger partial charge in [-0.2, -0.15) is 0 Å². The van der Waals surface area contributed by atoms with Gasteiger partial charge in [0.05, 0.1) is 18.9 Å². The number of amides is 1. The van der Waals surface area contributed by atoms with Crippen molar-refractivity contribution in [1.82, 2.24) is 9.88 Å². The van der Waals surface area contributed by atoms with Crippen molar-refractivity contribution in [2.75, 3.05) is 32.1 Å². The van der Waals surface area contributed by atoms with E-state index in [4.69, 9.17) is 4.98 Å². The van der Waals surface area contributed by atoms with Crippen LogP contribution in [0.15, 0.2) is 28.1 Å². The van der Waals surface area contributed by atoms with Crippen LogP contribution in [-0.2, 0) is 0 Å². The molecular formula is C18H21BrClN3OS2. The number of fused-ring (bicyclic) bond motifs is 1. The van der Waals surface area contributed by atoms with Crippen LogP contribution in [-0.4, -0.2) is 43.0 Å². The highest BCUT2D eigenvalue weighted by Gasteiger charge is 2.23. The van der Waals surface area contributed by atoms with Gasteiger partial charge in [-0.1, -0.05) is 17.4 Å². The zero-order valence-corrected chi connectivity index (χ0v) is 19.1. The van der Waals surface area contributed by atoms with Gasteiger partial charge in [0.1, 0.15) is 0 Å². The molecule has 0 bridgehead atoms. The Hall–Kier alpha value is -0.990. The molecule has 0 saturated heterocycles. The maximum absolute atomic E-state index is 13.1. The van der Waals surface area contributed by atoms with Crippen molar-refractivity contribution in [3.63, 3.8) is 0 Å². The van der Waals surface area contributed by atoms with Crippen molar-refractivity contribution in [2.45, 2.75) is 13.8 Å². The predicted octanol–water partition coefficient (Wildman–Crippen LogP) is 5.37. The highest BCUT2D eigenvalue weighted by molar-refractivity contribution is 9.11. The fraction of sp³-hybridized carbons (Fsp3) is 0.333. The highest BCUT2D eigenvalue weighted by Crippen LogP contribution is 2.33. The summed E-state index contributed by atoms with van der Waals surface area (Å²) in [6.07, 6.45) is 0. The fourth-order valence-electron chi connectivity index (χ4n) is 2.62. The molecule has 3 aromatic rings. The summed E-state index contributed by atoms with van der Waals surface area (Å²) in [4.78, 5) is 22.4. The number of aryl methyl sites for hydroxylation is 2. The third kappa shape index (κ3) is 4.64. The van der Waals surface area contributed by atoms with E-state index in [1.165, 1.54) is 16.9 Å². The molecule has 0 radical (unpaired) electrons. The first kappa shape index (κ1) is 21.3. The van der Waals surface area contributed by atoms with E-state index in [2.05, 4.69) is 46.8 Å². The molecule has 2 aromatic heterocycles. The predicted molar refractivity (Wildman–Crippen MR) is 119 cm³/mol. The number of likely N-dealkylation sites (N-methyl/N-ethyl adjacent to an activating group) is 1. The van der Waals surface area contributed by atoms with Gasteiger partial charge < -0.3 is 4.90 Å². The van der Waals surface area contributed by atoms with E-state index in [0.717, 1.165) is 36.1 Å². The zero-order valence-electron chi connectivity index (χ0n) is 15.1. The lowest BCUT2D eigenvalue weighted by Crippen LogP contribution is -2.36. The first-order chi connectivity index (χ1) is 11.8. The van der Waals surface area contributed by atoms with Gasteiger partial charge in [-0.25, -0.2) is 4.98 Å². The van der Waals surface area contributed by atoms with Gasteiger partial charge in [-0.05, 0) is 73.2 Å².